The van der Waals surface area contributed by atoms with Gasteiger partial charge in [0.1, 0.15) is 6.07 Å². The molecule has 1 aromatic heterocycles. The second-order valence-corrected chi connectivity index (χ2v) is 6.18. The number of hydrogen-bond acceptors (Lipinski definition) is 4. The molecule has 0 amide bonds. The van der Waals surface area contributed by atoms with Crippen LogP contribution < -0.4 is 9.80 Å². The summed E-state index contributed by atoms with van der Waals surface area (Å²) in [6.07, 6.45) is 3.84. The lowest BCUT2D eigenvalue weighted by atomic mass is 10.0. The molecule has 3 rings (SSSR count). The molecule has 0 radical (unpaired) electrons. The molecule has 0 atom stereocenters. The number of nitrogens with zero attached hydrogens (tertiary/aromatic N) is 4. The van der Waals surface area contributed by atoms with Crippen LogP contribution in [0.5, 0.6) is 0 Å². The second kappa shape index (κ2) is 5.84. The molecular weight excluding hydrogens is 272 g/mol. The van der Waals surface area contributed by atoms with Crippen molar-refractivity contribution in [3.8, 4) is 6.07 Å². The zero-order chi connectivity index (χ0) is 15.7. The molecule has 0 spiro atoms. The Bertz CT molecular complexity index is 737. The maximum atomic E-state index is 9.50. The Morgan fingerprint density at radius 1 is 1.18 bits per heavy atom. The number of nitriles is 1. The highest BCUT2D eigenvalue weighted by Gasteiger charge is 2.17. The molecule has 0 N–H and O–H groups in total. The van der Waals surface area contributed by atoms with Crippen LogP contribution in [0, 0.1) is 18.3 Å². The van der Waals surface area contributed by atoms with Crippen molar-refractivity contribution in [3.63, 3.8) is 0 Å². The highest BCUT2D eigenvalue weighted by atomic mass is 15.1. The first kappa shape index (κ1) is 14.6. The molecule has 0 aliphatic carbocycles. The third-order valence-electron chi connectivity index (χ3n) is 4.40. The minimum Gasteiger partial charge on any atom is -0.376 e. The third-order valence-corrected chi connectivity index (χ3v) is 4.40. The van der Waals surface area contributed by atoms with Gasteiger partial charge in [-0.2, -0.15) is 5.26 Å². The number of anilines is 2. The molecule has 1 saturated heterocycles. The largest absolute Gasteiger partial charge is 0.376 e. The summed E-state index contributed by atoms with van der Waals surface area (Å²) in [6, 6.07) is 8.76. The summed E-state index contributed by atoms with van der Waals surface area (Å²) in [7, 11) is 3.98. The Balaban J connectivity index is 2.19. The molecule has 0 unspecified atom stereocenters. The summed E-state index contributed by atoms with van der Waals surface area (Å²) < 4.78 is 0. The van der Waals surface area contributed by atoms with Crippen LogP contribution in [0.1, 0.15) is 30.5 Å². The van der Waals surface area contributed by atoms with Crippen molar-refractivity contribution in [2.75, 3.05) is 37.0 Å². The van der Waals surface area contributed by atoms with E-state index in [1.807, 2.05) is 25.9 Å². The van der Waals surface area contributed by atoms with Gasteiger partial charge in [0.05, 0.1) is 22.5 Å². The molecule has 4 heteroatoms. The fraction of sp³-hybridized carbons (Fsp3) is 0.444. The van der Waals surface area contributed by atoms with Crippen LogP contribution in [0.3, 0.4) is 0 Å². The van der Waals surface area contributed by atoms with Crippen LogP contribution in [-0.2, 0) is 0 Å². The lowest BCUT2D eigenvalue weighted by Crippen LogP contribution is -2.29. The van der Waals surface area contributed by atoms with Gasteiger partial charge in [-0.15, -0.1) is 0 Å². The van der Waals surface area contributed by atoms with Crippen molar-refractivity contribution in [2.45, 2.75) is 26.2 Å². The standard InChI is InChI=1S/C18H22N4/c1-13-16(12-19)18(21(2)3)15-11-14(7-8-17(15)20-13)22-9-5-4-6-10-22/h7-8,11H,4-6,9-10H2,1-3H3. The van der Waals surface area contributed by atoms with Gasteiger partial charge in [0.15, 0.2) is 0 Å². The zero-order valence-electron chi connectivity index (χ0n) is 13.6. The van der Waals surface area contributed by atoms with Crippen LogP contribution >= 0.6 is 0 Å². The molecule has 2 aromatic rings. The smallest absolute Gasteiger partial charge is 0.103 e. The number of fused-ring (bicyclic) bond motifs is 1. The summed E-state index contributed by atoms with van der Waals surface area (Å²) in [5.74, 6) is 0. The van der Waals surface area contributed by atoms with Crippen LogP contribution in [0.25, 0.3) is 10.9 Å². The van der Waals surface area contributed by atoms with Crippen LogP contribution in [0.15, 0.2) is 18.2 Å². The number of rotatable bonds is 2. The molecule has 1 aliphatic heterocycles. The fourth-order valence-corrected chi connectivity index (χ4v) is 3.30. The third kappa shape index (κ3) is 2.48. The molecule has 2 heterocycles. The Morgan fingerprint density at radius 2 is 1.91 bits per heavy atom. The minimum absolute atomic E-state index is 0.674. The molecule has 114 valence electrons. The van der Waals surface area contributed by atoms with Crippen LogP contribution in [0.4, 0.5) is 11.4 Å². The fourth-order valence-electron chi connectivity index (χ4n) is 3.30. The van der Waals surface area contributed by atoms with E-state index in [2.05, 4.69) is 34.2 Å². The van der Waals surface area contributed by atoms with Crippen molar-refractivity contribution < 1.29 is 0 Å². The van der Waals surface area contributed by atoms with Gasteiger partial charge in [-0.1, -0.05) is 0 Å². The number of piperidine rings is 1. The van der Waals surface area contributed by atoms with Gasteiger partial charge in [-0.05, 0) is 44.4 Å². The molecule has 1 aliphatic rings. The first-order chi connectivity index (χ1) is 10.6. The molecule has 1 aromatic carbocycles. The first-order valence-electron chi connectivity index (χ1n) is 7.88. The van der Waals surface area contributed by atoms with Crippen molar-refractivity contribution in [3.05, 3.63) is 29.5 Å². The highest BCUT2D eigenvalue weighted by molar-refractivity contribution is 5.97. The average Bonchev–Trinajstić information content (AvgIpc) is 2.53. The second-order valence-electron chi connectivity index (χ2n) is 6.18. The Kier molecular flexibility index (Phi) is 3.89. The van der Waals surface area contributed by atoms with E-state index < -0.39 is 0 Å². The summed E-state index contributed by atoms with van der Waals surface area (Å²) in [5.41, 5.74) is 4.65. The lowest BCUT2D eigenvalue weighted by molar-refractivity contribution is 0.578. The van der Waals surface area contributed by atoms with Crippen molar-refractivity contribution in [1.82, 2.24) is 4.98 Å². The van der Waals surface area contributed by atoms with E-state index in [9.17, 15) is 5.26 Å². The van der Waals surface area contributed by atoms with E-state index >= 15 is 0 Å². The maximum Gasteiger partial charge on any atom is 0.103 e. The molecule has 1 fully saturated rings. The SMILES string of the molecule is Cc1nc2ccc(N3CCCCC3)cc2c(N(C)C)c1C#N. The Labute approximate surface area is 132 Å². The predicted molar refractivity (Wildman–Crippen MR) is 91.6 cm³/mol. The lowest BCUT2D eigenvalue weighted by Gasteiger charge is -2.29. The van der Waals surface area contributed by atoms with Gasteiger partial charge < -0.3 is 9.80 Å². The highest BCUT2D eigenvalue weighted by Crippen LogP contribution is 2.33. The van der Waals surface area contributed by atoms with E-state index in [4.69, 9.17) is 0 Å². The van der Waals surface area contributed by atoms with E-state index in [1.165, 1.54) is 24.9 Å². The van der Waals surface area contributed by atoms with Crippen LogP contribution in [0.2, 0.25) is 0 Å². The topological polar surface area (TPSA) is 43.2 Å². The summed E-state index contributed by atoms with van der Waals surface area (Å²) in [5, 5.41) is 10.6. The first-order valence-corrected chi connectivity index (χ1v) is 7.88. The van der Waals surface area contributed by atoms with Gasteiger partial charge in [-0.3, -0.25) is 4.98 Å². The molecular formula is C18H22N4. The van der Waals surface area contributed by atoms with Gasteiger partial charge in [0.25, 0.3) is 0 Å². The van der Waals surface area contributed by atoms with Crippen molar-refractivity contribution >= 4 is 22.3 Å². The summed E-state index contributed by atoms with van der Waals surface area (Å²) in [4.78, 5) is 9.07. The molecule has 4 nitrogen and oxygen atoms in total. The monoisotopic (exact) mass is 294 g/mol. The summed E-state index contributed by atoms with van der Waals surface area (Å²) in [6.45, 7) is 4.14. The summed E-state index contributed by atoms with van der Waals surface area (Å²) >= 11 is 0. The number of hydrogen-bond donors (Lipinski definition) is 0. The quantitative estimate of drug-likeness (QED) is 0.850. The van der Waals surface area contributed by atoms with E-state index in [1.54, 1.807) is 0 Å². The average molecular weight is 294 g/mol. The van der Waals surface area contributed by atoms with E-state index in [-0.39, 0.29) is 0 Å². The number of pyridine rings is 1. The Hall–Kier alpha value is -2.28. The zero-order valence-corrected chi connectivity index (χ0v) is 13.6. The van der Waals surface area contributed by atoms with Crippen molar-refractivity contribution in [2.24, 2.45) is 0 Å². The number of benzene rings is 1. The molecule has 0 saturated carbocycles. The van der Waals surface area contributed by atoms with Gasteiger partial charge >= 0.3 is 0 Å². The van der Waals surface area contributed by atoms with Crippen LogP contribution in [-0.4, -0.2) is 32.2 Å². The van der Waals surface area contributed by atoms with Gasteiger partial charge in [0.2, 0.25) is 0 Å². The maximum absolute atomic E-state index is 9.50. The predicted octanol–water partition coefficient (Wildman–Crippen LogP) is 3.47. The minimum atomic E-state index is 0.674. The van der Waals surface area contributed by atoms with Gasteiger partial charge in [0, 0.05) is 38.3 Å². The molecule has 0 bridgehead atoms. The Morgan fingerprint density at radius 3 is 2.55 bits per heavy atom. The van der Waals surface area contributed by atoms with E-state index in [0.717, 1.165) is 35.4 Å². The normalized spacial score (nSPS) is 14.9. The van der Waals surface area contributed by atoms with E-state index in [0.29, 0.717) is 5.56 Å². The number of aryl methyl sites for hydroxylation is 1. The number of aromatic nitrogens is 1. The van der Waals surface area contributed by atoms with Crippen molar-refractivity contribution in [1.29, 1.82) is 5.26 Å². The van der Waals surface area contributed by atoms with Gasteiger partial charge in [-0.25, -0.2) is 0 Å². The molecule has 22 heavy (non-hydrogen) atoms.